The topological polar surface area (TPSA) is 36.4 Å². The molecule has 4 nitrogen and oxygen atoms in total. The Labute approximate surface area is 178 Å². The number of anilines is 1. The second kappa shape index (κ2) is 9.06. The standard InChI is InChI=1S/C24H31N3OS/c1-16-8-10-20(18(3)14-16)15-22(28)27(13-7-12-26(5)6)24-25-23-19(4)17(2)9-11-21(23)29-24/h8-11,14H,7,12-13,15H2,1-6H3. The van der Waals surface area contributed by atoms with E-state index in [0.29, 0.717) is 13.0 Å². The van der Waals surface area contributed by atoms with E-state index in [1.165, 1.54) is 22.3 Å². The van der Waals surface area contributed by atoms with Crippen LogP contribution in [0, 0.1) is 27.7 Å². The molecule has 0 aliphatic carbocycles. The van der Waals surface area contributed by atoms with Crippen LogP contribution in [0.3, 0.4) is 0 Å². The number of thiazole rings is 1. The number of carbonyl (C=O) groups is 1. The maximum Gasteiger partial charge on any atom is 0.233 e. The van der Waals surface area contributed by atoms with Crippen molar-refractivity contribution in [3.8, 4) is 0 Å². The van der Waals surface area contributed by atoms with Gasteiger partial charge >= 0.3 is 0 Å². The fourth-order valence-electron chi connectivity index (χ4n) is 3.50. The van der Waals surface area contributed by atoms with Gasteiger partial charge in [-0.05, 0) is 83.1 Å². The normalized spacial score (nSPS) is 11.4. The van der Waals surface area contributed by atoms with E-state index in [-0.39, 0.29) is 5.91 Å². The molecule has 154 valence electrons. The first kappa shape index (κ1) is 21.5. The highest BCUT2D eigenvalue weighted by Crippen LogP contribution is 2.32. The van der Waals surface area contributed by atoms with E-state index in [1.807, 2.05) is 4.90 Å². The Morgan fingerprint density at radius 1 is 1.00 bits per heavy atom. The second-order valence-corrected chi connectivity index (χ2v) is 9.17. The molecule has 0 radical (unpaired) electrons. The van der Waals surface area contributed by atoms with E-state index in [2.05, 4.69) is 77.0 Å². The van der Waals surface area contributed by atoms with E-state index >= 15 is 0 Å². The van der Waals surface area contributed by atoms with Crippen LogP contribution in [0.15, 0.2) is 30.3 Å². The largest absolute Gasteiger partial charge is 0.309 e. The fraction of sp³-hybridized carbons (Fsp3) is 0.417. The highest BCUT2D eigenvalue weighted by atomic mass is 32.1. The number of nitrogens with zero attached hydrogens (tertiary/aromatic N) is 3. The van der Waals surface area contributed by atoms with Crippen molar-refractivity contribution in [3.63, 3.8) is 0 Å². The van der Waals surface area contributed by atoms with Crippen molar-refractivity contribution in [3.05, 3.63) is 58.1 Å². The molecule has 0 saturated heterocycles. The van der Waals surface area contributed by atoms with Crippen LogP contribution in [-0.2, 0) is 11.2 Å². The van der Waals surface area contributed by atoms with Crippen molar-refractivity contribution in [2.24, 2.45) is 0 Å². The Kier molecular flexibility index (Phi) is 6.70. The lowest BCUT2D eigenvalue weighted by molar-refractivity contribution is -0.118. The molecule has 0 aliphatic rings. The zero-order valence-corrected chi connectivity index (χ0v) is 19.2. The Morgan fingerprint density at radius 3 is 2.45 bits per heavy atom. The number of aryl methyl sites for hydroxylation is 4. The van der Waals surface area contributed by atoms with Crippen LogP contribution >= 0.6 is 11.3 Å². The third-order valence-electron chi connectivity index (χ3n) is 5.43. The van der Waals surface area contributed by atoms with Gasteiger partial charge in [0, 0.05) is 6.54 Å². The molecular formula is C24H31N3OS. The maximum absolute atomic E-state index is 13.3. The van der Waals surface area contributed by atoms with Crippen molar-refractivity contribution >= 4 is 32.6 Å². The molecule has 1 aromatic heterocycles. The minimum atomic E-state index is 0.115. The monoisotopic (exact) mass is 409 g/mol. The SMILES string of the molecule is Cc1ccc(CC(=O)N(CCCN(C)C)c2nc3c(C)c(C)ccc3s2)c(C)c1. The van der Waals surface area contributed by atoms with Crippen molar-refractivity contribution in [1.29, 1.82) is 0 Å². The summed E-state index contributed by atoms with van der Waals surface area (Å²) in [4.78, 5) is 22.3. The lowest BCUT2D eigenvalue weighted by atomic mass is 10.0. The van der Waals surface area contributed by atoms with Crippen LogP contribution in [0.1, 0.15) is 34.2 Å². The zero-order valence-electron chi connectivity index (χ0n) is 18.4. The summed E-state index contributed by atoms with van der Waals surface area (Å²) >= 11 is 1.61. The summed E-state index contributed by atoms with van der Waals surface area (Å²) in [5.41, 5.74) is 6.92. The van der Waals surface area contributed by atoms with Gasteiger partial charge in [0.2, 0.25) is 5.91 Å². The van der Waals surface area contributed by atoms with Gasteiger partial charge in [0.05, 0.1) is 16.6 Å². The smallest absolute Gasteiger partial charge is 0.233 e. The van der Waals surface area contributed by atoms with Gasteiger partial charge in [-0.3, -0.25) is 9.69 Å². The third-order valence-corrected chi connectivity index (χ3v) is 6.48. The molecule has 0 atom stereocenters. The molecule has 0 bridgehead atoms. The van der Waals surface area contributed by atoms with Crippen LogP contribution in [0.2, 0.25) is 0 Å². The van der Waals surface area contributed by atoms with Crippen LogP contribution in [0.5, 0.6) is 0 Å². The zero-order chi connectivity index (χ0) is 21.1. The third kappa shape index (κ3) is 5.03. The Hall–Kier alpha value is -2.24. The molecule has 5 heteroatoms. The summed E-state index contributed by atoms with van der Waals surface area (Å²) in [7, 11) is 4.12. The Morgan fingerprint density at radius 2 is 1.76 bits per heavy atom. The van der Waals surface area contributed by atoms with Crippen LogP contribution in [0.25, 0.3) is 10.2 Å². The highest BCUT2D eigenvalue weighted by Gasteiger charge is 2.21. The molecule has 0 N–H and O–H groups in total. The quantitative estimate of drug-likeness (QED) is 0.547. The van der Waals surface area contributed by atoms with Gasteiger partial charge in [-0.25, -0.2) is 4.98 Å². The molecule has 2 aromatic carbocycles. The molecular weight excluding hydrogens is 378 g/mol. The molecule has 3 rings (SSSR count). The molecule has 0 unspecified atom stereocenters. The van der Waals surface area contributed by atoms with Crippen molar-refractivity contribution in [1.82, 2.24) is 9.88 Å². The second-order valence-electron chi connectivity index (χ2n) is 8.16. The van der Waals surface area contributed by atoms with E-state index in [9.17, 15) is 4.79 Å². The first-order chi connectivity index (χ1) is 13.8. The summed E-state index contributed by atoms with van der Waals surface area (Å²) in [5.74, 6) is 0.115. The summed E-state index contributed by atoms with van der Waals surface area (Å²) in [6.07, 6.45) is 1.32. The van der Waals surface area contributed by atoms with Gasteiger partial charge in [0.15, 0.2) is 5.13 Å². The van der Waals surface area contributed by atoms with E-state index in [4.69, 9.17) is 4.98 Å². The number of amides is 1. The first-order valence-electron chi connectivity index (χ1n) is 10.1. The number of fused-ring (bicyclic) bond motifs is 1. The van der Waals surface area contributed by atoms with Gasteiger partial charge in [-0.2, -0.15) is 0 Å². The van der Waals surface area contributed by atoms with Gasteiger partial charge in [0.1, 0.15) is 0 Å². The summed E-state index contributed by atoms with van der Waals surface area (Å²) in [5, 5.41) is 0.808. The van der Waals surface area contributed by atoms with Crippen molar-refractivity contribution < 1.29 is 4.79 Å². The number of rotatable bonds is 7. The predicted molar refractivity (Wildman–Crippen MR) is 124 cm³/mol. The minimum Gasteiger partial charge on any atom is -0.309 e. The number of carbonyl (C=O) groups excluding carboxylic acids is 1. The number of hydrogen-bond donors (Lipinski definition) is 0. The minimum absolute atomic E-state index is 0.115. The van der Waals surface area contributed by atoms with Crippen LogP contribution in [-0.4, -0.2) is 43.0 Å². The maximum atomic E-state index is 13.3. The fourth-order valence-corrected chi connectivity index (χ4v) is 4.57. The van der Waals surface area contributed by atoms with E-state index in [0.717, 1.165) is 33.9 Å². The average Bonchev–Trinajstić information content (AvgIpc) is 3.08. The Balaban J connectivity index is 1.91. The summed E-state index contributed by atoms with van der Waals surface area (Å²) < 4.78 is 1.14. The molecule has 29 heavy (non-hydrogen) atoms. The van der Waals surface area contributed by atoms with Crippen LogP contribution < -0.4 is 4.90 Å². The molecule has 1 heterocycles. The molecule has 1 amide bonds. The van der Waals surface area contributed by atoms with Gasteiger partial charge in [-0.1, -0.05) is 41.2 Å². The molecule has 0 fully saturated rings. The van der Waals surface area contributed by atoms with E-state index < -0.39 is 0 Å². The molecule has 0 spiro atoms. The molecule has 3 aromatic rings. The number of benzene rings is 2. The Bertz CT molecular complexity index is 1020. The number of aromatic nitrogens is 1. The predicted octanol–water partition coefficient (Wildman–Crippen LogP) is 5.06. The van der Waals surface area contributed by atoms with Gasteiger partial charge in [-0.15, -0.1) is 0 Å². The lowest BCUT2D eigenvalue weighted by Gasteiger charge is -2.21. The molecule has 0 aliphatic heterocycles. The summed E-state index contributed by atoms with van der Waals surface area (Å²) in [6.45, 7) is 9.99. The van der Waals surface area contributed by atoms with Gasteiger partial charge < -0.3 is 4.90 Å². The lowest BCUT2D eigenvalue weighted by Crippen LogP contribution is -2.34. The first-order valence-corrected chi connectivity index (χ1v) is 11.0. The van der Waals surface area contributed by atoms with Crippen molar-refractivity contribution in [2.45, 2.75) is 40.5 Å². The van der Waals surface area contributed by atoms with Gasteiger partial charge in [0.25, 0.3) is 0 Å². The van der Waals surface area contributed by atoms with Crippen LogP contribution in [0.4, 0.5) is 5.13 Å². The summed E-state index contributed by atoms with van der Waals surface area (Å²) in [6, 6.07) is 10.5. The van der Waals surface area contributed by atoms with E-state index in [1.54, 1.807) is 11.3 Å². The average molecular weight is 410 g/mol. The van der Waals surface area contributed by atoms with Crippen molar-refractivity contribution in [2.75, 3.05) is 32.1 Å². The molecule has 0 saturated carbocycles. The highest BCUT2D eigenvalue weighted by molar-refractivity contribution is 7.22. The number of hydrogen-bond acceptors (Lipinski definition) is 4.